The van der Waals surface area contributed by atoms with Crippen molar-refractivity contribution in [2.45, 2.75) is 50.6 Å². The Balaban J connectivity index is 1.97. The number of hydrogen-bond donors (Lipinski definition) is 1. The number of fused-ring (bicyclic) bond motifs is 2. The summed E-state index contributed by atoms with van der Waals surface area (Å²) in [7, 11) is 0. The highest BCUT2D eigenvalue weighted by Crippen LogP contribution is 2.32. The Morgan fingerprint density at radius 1 is 1.29 bits per heavy atom. The van der Waals surface area contributed by atoms with E-state index >= 15 is 0 Å². The van der Waals surface area contributed by atoms with Crippen LogP contribution in [0.2, 0.25) is 0 Å². The summed E-state index contributed by atoms with van der Waals surface area (Å²) < 4.78 is 0. The summed E-state index contributed by atoms with van der Waals surface area (Å²) in [5, 5.41) is 8.82. The fraction of sp³-hybridized carbons (Fsp3) is 0.909. The van der Waals surface area contributed by atoms with Crippen LogP contribution in [0, 0.1) is 0 Å². The fourth-order valence-corrected chi connectivity index (χ4v) is 2.88. The normalized spacial score (nSPS) is 33.4. The SMILES string of the molecule is O=C1CC2CCCC(C1)N2CCCO. The fourth-order valence-electron chi connectivity index (χ4n) is 2.88. The minimum atomic E-state index is 0.268. The van der Waals surface area contributed by atoms with E-state index in [1.165, 1.54) is 19.3 Å². The maximum Gasteiger partial charge on any atom is 0.136 e. The van der Waals surface area contributed by atoms with Crippen molar-refractivity contribution in [3.8, 4) is 0 Å². The van der Waals surface area contributed by atoms with E-state index in [1.54, 1.807) is 0 Å². The van der Waals surface area contributed by atoms with Gasteiger partial charge in [-0.3, -0.25) is 9.69 Å². The Kier molecular flexibility index (Phi) is 3.19. The summed E-state index contributed by atoms with van der Waals surface area (Å²) in [5.41, 5.74) is 0. The van der Waals surface area contributed by atoms with Crippen LogP contribution in [0.5, 0.6) is 0 Å². The smallest absolute Gasteiger partial charge is 0.136 e. The lowest BCUT2D eigenvalue weighted by molar-refractivity contribution is -0.127. The molecule has 3 nitrogen and oxygen atoms in total. The number of Topliss-reactive ketones (excluding diaryl/α,β-unsaturated/α-hetero) is 1. The predicted molar refractivity (Wildman–Crippen MR) is 54.1 cm³/mol. The van der Waals surface area contributed by atoms with Crippen LogP contribution in [0.3, 0.4) is 0 Å². The molecule has 2 heterocycles. The monoisotopic (exact) mass is 197 g/mol. The van der Waals surface area contributed by atoms with E-state index in [2.05, 4.69) is 4.90 Å². The van der Waals surface area contributed by atoms with Crippen molar-refractivity contribution < 1.29 is 9.90 Å². The topological polar surface area (TPSA) is 40.5 Å². The van der Waals surface area contributed by atoms with Crippen LogP contribution >= 0.6 is 0 Å². The molecule has 0 aromatic rings. The van der Waals surface area contributed by atoms with Gasteiger partial charge in [0.15, 0.2) is 0 Å². The van der Waals surface area contributed by atoms with Gasteiger partial charge in [0, 0.05) is 38.1 Å². The van der Waals surface area contributed by atoms with Crippen LogP contribution in [0.1, 0.15) is 38.5 Å². The summed E-state index contributed by atoms with van der Waals surface area (Å²) in [6.07, 6.45) is 5.98. The van der Waals surface area contributed by atoms with Crippen LogP contribution < -0.4 is 0 Å². The first kappa shape index (κ1) is 10.1. The molecule has 2 aliphatic rings. The highest BCUT2D eigenvalue weighted by molar-refractivity contribution is 5.80. The number of aliphatic hydroxyl groups is 1. The summed E-state index contributed by atoms with van der Waals surface area (Å²) in [6, 6.07) is 0.975. The summed E-state index contributed by atoms with van der Waals surface area (Å²) >= 11 is 0. The molecular weight excluding hydrogens is 178 g/mol. The van der Waals surface area contributed by atoms with Gasteiger partial charge in [0.2, 0.25) is 0 Å². The van der Waals surface area contributed by atoms with Crippen molar-refractivity contribution in [2.24, 2.45) is 0 Å². The van der Waals surface area contributed by atoms with Gasteiger partial charge < -0.3 is 5.11 Å². The molecule has 2 aliphatic heterocycles. The molecule has 0 spiro atoms. The Labute approximate surface area is 85.1 Å². The largest absolute Gasteiger partial charge is 0.396 e. The van der Waals surface area contributed by atoms with Gasteiger partial charge in [0.1, 0.15) is 5.78 Å². The number of hydrogen-bond acceptors (Lipinski definition) is 3. The Bertz CT molecular complexity index is 201. The molecule has 2 fully saturated rings. The molecule has 14 heavy (non-hydrogen) atoms. The third kappa shape index (κ3) is 1.98. The van der Waals surface area contributed by atoms with Gasteiger partial charge in [0.05, 0.1) is 0 Å². The first-order valence-corrected chi connectivity index (χ1v) is 5.69. The molecular formula is C11H19NO2. The molecule has 0 aliphatic carbocycles. The van der Waals surface area contributed by atoms with Gasteiger partial charge in [-0.25, -0.2) is 0 Å². The molecule has 0 radical (unpaired) electrons. The molecule has 0 aromatic carbocycles. The van der Waals surface area contributed by atoms with Gasteiger partial charge >= 0.3 is 0 Å². The van der Waals surface area contributed by atoms with Crippen molar-refractivity contribution >= 4 is 5.78 Å². The molecule has 2 saturated heterocycles. The zero-order valence-corrected chi connectivity index (χ0v) is 8.61. The molecule has 3 heteroatoms. The number of rotatable bonds is 3. The summed E-state index contributed by atoms with van der Waals surface area (Å²) in [6.45, 7) is 1.24. The minimum absolute atomic E-state index is 0.268. The highest BCUT2D eigenvalue weighted by Gasteiger charge is 2.36. The van der Waals surface area contributed by atoms with Crippen molar-refractivity contribution in [3.05, 3.63) is 0 Å². The lowest BCUT2D eigenvalue weighted by atomic mass is 9.84. The molecule has 80 valence electrons. The first-order chi connectivity index (χ1) is 6.81. The molecule has 0 aromatic heterocycles. The lowest BCUT2D eigenvalue weighted by Gasteiger charge is -2.45. The number of piperidine rings is 2. The molecule has 2 rings (SSSR count). The van der Waals surface area contributed by atoms with E-state index in [9.17, 15) is 4.79 Å². The van der Waals surface area contributed by atoms with Gasteiger partial charge in [0.25, 0.3) is 0 Å². The van der Waals surface area contributed by atoms with E-state index in [0.29, 0.717) is 17.9 Å². The summed E-state index contributed by atoms with van der Waals surface area (Å²) in [4.78, 5) is 13.9. The van der Waals surface area contributed by atoms with Crippen LogP contribution in [0.15, 0.2) is 0 Å². The molecule has 0 saturated carbocycles. The Morgan fingerprint density at radius 2 is 1.93 bits per heavy atom. The number of carbonyl (C=O) groups is 1. The standard InChI is InChI=1S/C11H19NO2/c13-6-2-5-12-9-3-1-4-10(12)8-11(14)7-9/h9-10,13H,1-8H2. The van der Waals surface area contributed by atoms with Crippen LogP contribution in [-0.4, -0.2) is 41.0 Å². The first-order valence-electron chi connectivity index (χ1n) is 5.69. The zero-order chi connectivity index (χ0) is 9.97. The maximum atomic E-state index is 11.4. The van der Waals surface area contributed by atoms with Crippen molar-refractivity contribution in [1.82, 2.24) is 4.90 Å². The predicted octanol–water partition coefficient (Wildman–Crippen LogP) is 0.955. The number of carbonyl (C=O) groups excluding carboxylic acids is 1. The second-order valence-corrected chi connectivity index (χ2v) is 4.50. The van der Waals surface area contributed by atoms with Crippen LogP contribution in [0.4, 0.5) is 0 Å². The third-order valence-electron chi connectivity index (χ3n) is 3.51. The molecule has 2 bridgehead atoms. The van der Waals surface area contributed by atoms with Crippen LogP contribution in [0.25, 0.3) is 0 Å². The van der Waals surface area contributed by atoms with Gasteiger partial charge in [-0.1, -0.05) is 6.42 Å². The second kappa shape index (κ2) is 4.41. The number of aliphatic hydroxyl groups excluding tert-OH is 1. The average molecular weight is 197 g/mol. The lowest BCUT2D eigenvalue weighted by Crippen LogP contribution is -2.52. The van der Waals surface area contributed by atoms with E-state index in [0.717, 1.165) is 25.8 Å². The molecule has 2 atom stereocenters. The van der Waals surface area contributed by atoms with E-state index < -0.39 is 0 Å². The zero-order valence-electron chi connectivity index (χ0n) is 8.61. The van der Waals surface area contributed by atoms with Gasteiger partial charge in [-0.15, -0.1) is 0 Å². The Hall–Kier alpha value is -0.410. The number of ketones is 1. The van der Waals surface area contributed by atoms with E-state index in [1.807, 2.05) is 0 Å². The molecule has 0 amide bonds. The van der Waals surface area contributed by atoms with Gasteiger partial charge in [-0.2, -0.15) is 0 Å². The van der Waals surface area contributed by atoms with Gasteiger partial charge in [-0.05, 0) is 19.3 Å². The highest BCUT2D eigenvalue weighted by atomic mass is 16.3. The minimum Gasteiger partial charge on any atom is -0.396 e. The van der Waals surface area contributed by atoms with Crippen molar-refractivity contribution in [3.63, 3.8) is 0 Å². The molecule has 2 unspecified atom stereocenters. The second-order valence-electron chi connectivity index (χ2n) is 4.50. The van der Waals surface area contributed by atoms with Crippen LogP contribution in [-0.2, 0) is 4.79 Å². The quantitative estimate of drug-likeness (QED) is 0.732. The third-order valence-corrected chi connectivity index (χ3v) is 3.51. The van der Waals surface area contributed by atoms with E-state index in [4.69, 9.17) is 5.11 Å². The average Bonchev–Trinajstić information content (AvgIpc) is 2.14. The Morgan fingerprint density at radius 3 is 2.50 bits per heavy atom. The number of nitrogens with zero attached hydrogens (tertiary/aromatic N) is 1. The molecule has 1 N–H and O–H groups in total. The summed E-state index contributed by atoms with van der Waals surface area (Å²) in [5.74, 6) is 0.444. The maximum absolute atomic E-state index is 11.4. The van der Waals surface area contributed by atoms with Crippen molar-refractivity contribution in [2.75, 3.05) is 13.2 Å². The van der Waals surface area contributed by atoms with E-state index in [-0.39, 0.29) is 6.61 Å². The van der Waals surface area contributed by atoms with Crippen molar-refractivity contribution in [1.29, 1.82) is 0 Å².